The number of nitrogens with zero attached hydrogens (tertiary/aromatic N) is 3. The second-order valence-electron chi connectivity index (χ2n) is 7.05. The molecule has 31 heavy (non-hydrogen) atoms. The number of benzene rings is 1. The maximum atomic E-state index is 13.4. The molecule has 0 saturated heterocycles. The minimum atomic E-state index is -0.974. The van der Waals surface area contributed by atoms with E-state index >= 15 is 0 Å². The number of hydrogen-bond acceptors (Lipinski definition) is 8. The number of aromatic nitrogens is 1. The first-order valence-corrected chi connectivity index (χ1v) is 9.67. The maximum absolute atomic E-state index is 13.4. The molecule has 0 aliphatic rings. The minimum Gasteiger partial charge on any atom is -0.493 e. The molecule has 1 aromatic carbocycles. The van der Waals surface area contributed by atoms with Gasteiger partial charge in [0, 0.05) is 18.0 Å². The van der Waals surface area contributed by atoms with E-state index in [9.17, 15) is 9.59 Å². The molecule has 0 fully saturated rings. The Labute approximate surface area is 189 Å². The summed E-state index contributed by atoms with van der Waals surface area (Å²) in [5.74, 6) is -0.261. The number of carbonyl (C=O) groups excluding carboxylic acids is 2. The highest BCUT2D eigenvalue weighted by molar-refractivity contribution is 6.41. The second-order valence-corrected chi connectivity index (χ2v) is 7.86. The Bertz CT molecular complexity index is 971. The van der Waals surface area contributed by atoms with Crippen LogP contribution in [0.15, 0.2) is 35.7 Å². The van der Waals surface area contributed by atoms with Crippen molar-refractivity contribution in [2.75, 3.05) is 18.6 Å². The first kappa shape index (κ1) is 24.2. The van der Waals surface area contributed by atoms with Crippen molar-refractivity contribution >= 4 is 47.1 Å². The molecule has 0 bridgehead atoms. The minimum absolute atomic E-state index is 0.0177. The predicted molar refractivity (Wildman–Crippen MR) is 116 cm³/mol. The summed E-state index contributed by atoms with van der Waals surface area (Å²) >= 11 is 12.4. The fraction of sp³-hybridized carbons (Fsp3) is 0.300. The van der Waals surface area contributed by atoms with Crippen molar-refractivity contribution in [1.82, 2.24) is 4.98 Å². The third-order valence-electron chi connectivity index (χ3n) is 3.64. The van der Waals surface area contributed by atoms with Gasteiger partial charge in [-0.1, -0.05) is 28.4 Å². The van der Waals surface area contributed by atoms with Gasteiger partial charge in [-0.15, -0.1) is 0 Å². The molecule has 0 spiro atoms. The molecule has 1 aromatic heterocycles. The average Bonchev–Trinajstić information content (AvgIpc) is 2.69. The molecule has 0 aliphatic carbocycles. The van der Waals surface area contributed by atoms with Crippen LogP contribution in [0.3, 0.4) is 0 Å². The molecule has 0 saturated carbocycles. The van der Waals surface area contributed by atoms with Gasteiger partial charge in [0.1, 0.15) is 12.2 Å². The number of anilines is 1. The highest BCUT2D eigenvalue weighted by atomic mass is 35.5. The Morgan fingerprint density at radius 1 is 1.19 bits per heavy atom. The zero-order valence-corrected chi connectivity index (χ0v) is 18.8. The van der Waals surface area contributed by atoms with Crippen LogP contribution in [0, 0.1) is 0 Å². The van der Waals surface area contributed by atoms with Gasteiger partial charge in [0.15, 0.2) is 11.5 Å². The lowest BCUT2D eigenvalue weighted by Gasteiger charge is -2.27. The van der Waals surface area contributed by atoms with Crippen LogP contribution in [0.5, 0.6) is 11.5 Å². The number of imide groups is 1. The van der Waals surface area contributed by atoms with Gasteiger partial charge in [-0.3, -0.25) is 9.78 Å². The Kier molecular flexibility index (Phi) is 8.07. The zero-order valence-electron chi connectivity index (χ0n) is 17.3. The van der Waals surface area contributed by atoms with Gasteiger partial charge in [0.05, 0.1) is 29.1 Å². The van der Waals surface area contributed by atoms with E-state index in [1.165, 1.54) is 37.7 Å². The summed E-state index contributed by atoms with van der Waals surface area (Å²) in [7, 11) is 1.42. The number of amides is 2. The van der Waals surface area contributed by atoms with Gasteiger partial charge in [-0.2, -0.15) is 0 Å². The molecule has 0 atom stereocenters. The molecular weight excluding hydrogens is 449 g/mol. The van der Waals surface area contributed by atoms with E-state index in [1.807, 2.05) is 0 Å². The van der Waals surface area contributed by atoms with Gasteiger partial charge < -0.3 is 19.4 Å². The predicted octanol–water partition coefficient (Wildman–Crippen LogP) is 4.82. The van der Waals surface area contributed by atoms with Crippen molar-refractivity contribution in [3.8, 4) is 11.5 Å². The number of oxime groups is 1. The van der Waals surface area contributed by atoms with Crippen molar-refractivity contribution in [3.05, 3.63) is 46.2 Å². The van der Waals surface area contributed by atoms with Gasteiger partial charge >= 0.3 is 6.09 Å². The van der Waals surface area contributed by atoms with Gasteiger partial charge in [0.2, 0.25) is 0 Å². The van der Waals surface area contributed by atoms with Crippen molar-refractivity contribution < 1.29 is 29.0 Å². The van der Waals surface area contributed by atoms with Crippen LogP contribution in [0.4, 0.5) is 10.5 Å². The molecule has 9 nitrogen and oxygen atoms in total. The number of hydrogen-bond donors (Lipinski definition) is 1. The lowest BCUT2D eigenvalue weighted by Crippen LogP contribution is -2.41. The van der Waals surface area contributed by atoms with Crippen LogP contribution in [-0.2, 0) is 4.74 Å². The fourth-order valence-electron chi connectivity index (χ4n) is 2.41. The van der Waals surface area contributed by atoms with E-state index < -0.39 is 17.6 Å². The Morgan fingerprint density at radius 3 is 2.39 bits per heavy atom. The number of pyridine rings is 1. The summed E-state index contributed by atoms with van der Waals surface area (Å²) in [4.78, 5) is 30.9. The van der Waals surface area contributed by atoms with Gasteiger partial charge in [0.25, 0.3) is 5.91 Å². The number of rotatable bonds is 6. The average molecular weight is 470 g/mol. The second kappa shape index (κ2) is 10.3. The highest BCUT2D eigenvalue weighted by Crippen LogP contribution is 2.36. The first-order valence-electron chi connectivity index (χ1n) is 8.92. The summed E-state index contributed by atoms with van der Waals surface area (Å²) in [5, 5.41) is 11.3. The summed E-state index contributed by atoms with van der Waals surface area (Å²) in [5.41, 5.74) is -0.894. The molecule has 1 N–H and O–H groups in total. The smallest absolute Gasteiger partial charge is 0.422 e. The van der Waals surface area contributed by atoms with E-state index in [0.717, 1.165) is 11.1 Å². The quantitative estimate of drug-likeness (QED) is 0.366. The van der Waals surface area contributed by atoms with Gasteiger partial charge in [-0.25, -0.2) is 9.69 Å². The molecule has 11 heteroatoms. The molecule has 2 amide bonds. The molecule has 0 aliphatic heterocycles. The first-order chi connectivity index (χ1) is 14.6. The molecule has 2 aromatic rings. The van der Waals surface area contributed by atoms with Crippen molar-refractivity contribution in [1.29, 1.82) is 0 Å². The van der Waals surface area contributed by atoms with Crippen molar-refractivity contribution in [2.24, 2.45) is 5.16 Å². The summed E-state index contributed by atoms with van der Waals surface area (Å²) in [6.07, 6.45) is 2.64. The molecule has 2 rings (SSSR count). The van der Waals surface area contributed by atoms with Crippen molar-refractivity contribution in [2.45, 2.75) is 26.4 Å². The van der Waals surface area contributed by atoms with E-state index in [2.05, 4.69) is 10.1 Å². The highest BCUT2D eigenvalue weighted by Gasteiger charge is 2.33. The lowest BCUT2D eigenvalue weighted by atomic mass is 10.1. The van der Waals surface area contributed by atoms with Crippen LogP contribution >= 0.6 is 23.2 Å². The van der Waals surface area contributed by atoms with E-state index in [4.69, 9.17) is 42.6 Å². The summed E-state index contributed by atoms with van der Waals surface area (Å²) in [6.45, 7) is 4.89. The van der Waals surface area contributed by atoms with Crippen molar-refractivity contribution in [3.63, 3.8) is 0 Å². The molecule has 166 valence electrons. The van der Waals surface area contributed by atoms with E-state index in [1.54, 1.807) is 20.8 Å². The van der Waals surface area contributed by atoms with E-state index in [0.29, 0.717) is 5.75 Å². The molecule has 0 unspecified atom stereocenters. The number of halogens is 2. The molecular formula is C20H21Cl2N3O6. The zero-order chi connectivity index (χ0) is 23.2. The maximum Gasteiger partial charge on any atom is 0.422 e. The van der Waals surface area contributed by atoms with Gasteiger partial charge in [-0.05, 0) is 39.0 Å². The van der Waals surface area contributed by atoms with Crippen LogP contribution in [0.1, 0.15) is 31.1 Å². The molecule has 0 radical (unpaired) electrons. The SMILES string of the molecule is COc1ccc(C(=O)N(C(=O)OC(C)(C)C)c2c(Cl)cncc2Cl)cc1OCC=NO. The Balaban J connectivity index is 2.55. The monoisotopic (exact) mass is 469 g/mol. The number of methoxy groups -OCH3 is 1. The van der Waals surface area contributed by atoms with E-state index in [-0.39, 0.29) is 33.7 Å². The normalized spacial score (nSPS) is 11.3. The van der Waals surface area contributed by atoms with Crippen LogP contribution in [-0.4, -0.2) is 47.7 Å². The molecule has 1 heterocycles. The third kappa shape index (κ3) is 6.22. The lowest BCUT2D eigenvalue weighted by molar-refractivity contribution is 0.0564. The summed E-state index contributed by atoms with van der Waals surface area (Å²) < 4.78 is 16.0. The summed E-state index contributed by atoms with van der Waals surface area (Å²) in [6, 6.07) is 4.29. The largest absolute Gasteiger partial charge is 0.493 e. The van der Waals surface area contributed by atoms with Crippen LogP contribution in [0.25, 0.3) is 0 Å². The fourth-order valence-corrected chi connectivity index (χ4v) is 2.95. The third-order valence-corrected chi connectivity index (χ3v) is 4.19. The van der Waals surface area contributed by atoms with Crippen LogP contribution in [0.2, 0.25) is 10.0 Å². The standard InChI is InChI=1S/C20H21Cl2N3O6/c1-20(2,3)31-19(27)25(17-13(21)10-23-11-14(17)22)18(26)12-5-6-15(29-4)16(9-12)30-8-7-24-28/h5-7,9-11,28H,8H2,1-4H3. The number of carbonyl (C=O) groups is 2. The Morgan fingerprint density at radius 2 is 1.84 bits per heavy atom. The Hall–Kier alpha value is -3.04. The topological polar surface area (TPSA) is 111 Å². The van der Waals surface area contributed by atoms with Crippen LogP contribution < -0.4 is 14.4 Å². The number of ether oxygens (including phenoxy) is 3.